The van der Waals surface area contributed by atoms with Gasteiger partial charge >= 0.3 is 0 Å². The zero-order valence-corrected chi connectivity index (χ0v) is 12.3. The Balaban J connectivity index is 2.25. The van der Waals surface area contributed by atoms with Gasteiger partial charge in [0, 0.05) is 23.1 Å². The van der Waals surface area contributed by atoms with Crippen molar-refractivity contribution in [1.82, 2.24) is 4.90 Å². The molecule has 0 aliphatic heterocycles. The molecule has 0 unspecified atom stereocenters. The molecule has 0 saturated heterocycles. The lowest BCUT2D eigenvalue weighted by atomic mass is 10.1. The molecule has 0 atom stereocenters. The summed E-state index contributed by atoms with van der Waals surface area (Å²) in [4.78, 5) is 12.5. The maximum Gasteiger partial charge on any atom is 0.277 e. The van der Waals surface area contributed by atoms with Crippen LogP contribution >= 0.6 is 15.9 Å². The SMILES string of the molecule is CN(Cc1c(F)cc(Br)cc1[N+](=O)[O-])C1CCCC1. The van der Waals surface area contributed by atoms with E-state index in [9.17, 15) is 14.5 Å². The highest BCUT2D eigenvalue weighted by atomic mass is 79.9. The molecule has 1 saturated carbocycles. The summed E-state index contributed by atoms with van der Waals surface area (Å²) in [6.07, 6.45) is 4.53. The minimum atomic E-state index is -0.522. The molecule has 1 aliphatic carbocycles. The molecular weight excluding hydrogens is 315 g/mol. The highest BCUT2D eigenvalue weighted by Gasteiger charge is 2.25. The van der Waals surface area contributed by atoms with Crippen molar-refractivity contribution in [1.29, 1.82) is 0 Å². The molecule has 1 aliphatic rings. The number of nitrogens with zero attached hydrogens (tertiary/aromatic N) is 2. The lowest BCUT2D eigenvalue weighted by Crippen LogP contribution is -2.29. The highest BCUT2D eigenvalue weighted by molar-refractivity contribution is 9.10. The van der Waals surface area contributed by atoms with E-state index in [0.29, 0.717) is 10.5 Å². The van der Waals surface area contributed by atoms with Gasteiger partial charge in [0.15, 0.2) is 0 Å². The van der Waals surface area contributed by atoms with Crippen molar-refractivity contribution in [3.05, 3.63) is 38.1 Å². The number of hydrogen-bond donors (Lipinski definition) is 0. The third kappa shape index (κ3) is 3.30. The molecule has 0 spiro atoms. The second-order valence-electron chi connectivity index (χ2n) is 5.00. The van der Waals surface area contributed by atoms with Crippen LogP contribution in [-0.4, -0.2) is 22.9 Å². The van der Waals surface area contributed by atoms with E-state index in [-0.39, 0.29) is 17.8 Å². The molecule has 2 rings (SSSR count). The molecule has 0 aromatic heterocycles. The smallest absolute Gasteiger partial charge is 0.277 e. The fraction of sp³-hybridized carbons (Fsp3) is 0.538. The van der Waals surface area contributed by atoms with Gasteiger partial charge in [0.05, 0.1) is 10.5 Å². The van der Waals surface area contributed by atoms with Crippen molar-refractivity contribution in [3.63, 3.8) is 0 Å². The maximum atomic E-state index is 14.0. The quantitative estimate of drug-likeness (QED) is 0.621. The first-order valence-electron chi connectivity index (χ1n) is 6.31. The second kappa shape index (κ2) is 5.96. The van der Waals surface area contributed by atoms with Gasteiger partial charge in [-0.15, -0.1) is 0 Å². The van der Waals surface area contributed by atoms with Crippen LogP contribution in [0.5, 0.6) is 0 Å². The summed E-state index contributed by atoms with van der Waals surface area (Å²) in [5.41, 5.74) is 0.0133. The van der Waals surface area contributed by atoms with E-state index in [2.05, 4.69) is 15.9 Å². The summed E-state index contributed by atoms with van der Waals surface area (Å²) < 4.78 is 14.4. The zero-order valence-electron chi connectivity index (χ0n) is 10.7. The summed E-state index contributed by atoms with van der Waals surface area (Å²) in [7, 11) is 1.90. The van der Waals surface area contributed by atoms with Gasteiger partial charge in [-0.3, -0.25) is 15.0 Å². The monoisotopic (exact) mass is 330 g/mol. The predicted molar refractivity (Wildman–Crippen MR) is 74.5 cm³/mol. The summed E-state index contributed by atoms with van der Waals surface area (Å²) in [5.74, 6) is -0.522. The average molecular weight is 331 g/mol. The molecule has 1 fully saturated rings. The standard InChI is InChI=1S/C13H16BrFN2O2/c1-16(10-4-2-3-5-10)8-11-12(15)6-9(14)7-13(11)17(18)19/h6-7,10H,2-5,8H2,1H3. The van der Waals surface area contributed by atoms with Crippen LogP contribution in [0.4, 0.5) is 10.1 Å². The lowest BCUT2D eigenvalue weighted by Gasteiger charge is -2.24. The van der Waals surface area contributed by atoms with Crippen molar-refractivity contribution in [2.75, 3.05) is 7.05 Å². The Hall–Kier alpha value is -1.01. The summed E-state index contributed by atoms with van der Waals surface area (Å²) >= 11 is 3.09. The van der Waals surface area contributed by atoms with Crippen LogP contribution in [0, 0.1) is 15.9 Å². The Labute approximate surface area is 119 Å². The van der Waals surface area contributed by atoms with Crippen LogP contribution in [0.25, 0.3) is 0 Å². The number of rotatable bonds is 4. The third-order valence-corrected chi connectivity index (χ3v) is 4.15. The van der Waals surface area contributed by atoms with E-state index in [1.165, 1.54) is 25.0 Å². The summed E-state index contributed by atoms with van der Waals surface area (Å²) in [5, 5.41) is 11.0. The predicted octanol–water partition coefficient (Wildman–Crippen LogP) is 3.87. The van der Waals surface area contributed by atoms with Crippen molar-refractivity contribution in [2.45, 2.75) is 38.3 Å². The lowest BCUT2D eigenvalue weighted by molar-refractivity contribution is -0.386. The Morgan fingerprint density at radius 2 is 2.11 bits per heavy atom. The molecule has 0 heterocycles. The molecule has 1 aromatic carbocycles. The number of halogens is 2. The topological polar surface area (TPSA) is 46.4 Å². The van der Waals surface area contributed by atoms with Crippen LogP contribution in [0.3, 0.4) is 0 Å². The highest BCUT2D eigenvalue weighted by Crippen LogP contribution is 2.30. The Bertz CT molecular complexity index is 490. The normalized spacial score (nSPS) is 16.2. The van der Waals surface area contributed by atoms with E-state index in [0.717, 1.165) is 12.8 Å². The number of hydrogen-bond acceptors (Lipinski definition) is 3. The van der Waals surface area contributed by atoms with E-state index in [1.54, 1.807) is 0 Å². The molecule has 4 nitrogen and oxygen atoms in total. The molecule has 0 radical (unpaired) electrons. The van der Waals surface area contributed by atoms with Gasteiger partial charge in [-0.05, 0) is 26.0 Å². The number of nitro benzene ring substituents is 1. The molecule has 0 amide bonds. The first-order valence-corrected chi connectivity index (χ1v) is 7.11. The molecule has 6 heteroatoms. The molecule has 104 valence electrons. The van der Waals surface area contributed by atoms with Crippen LogP contribution < -0.4 is 0 Å². The van der Waals surface area contributed by atoms with Crippen LogP contribution in [0.2, 0.25) is 0 Å². The van der Waals surface area contributed by atoms with Gasteiger partial charge in [0.1, 0.15) is 5.82 Å². The number of nitro groups is 1. The van der Waals surface area contributed by atoms with Crippen LogP contribution in [-0.2, 0) is 6.54 Å². The van der Waals surface area contributed by atoms with Crippen molar-refractivity contribution >= 4 is 21.6 Å². The van der Waals surface area contributed by atoms with Gasteiger partial charge in [-0.2, -0.15) is 0 Å². The third-order valence-electron chi connectivity index (χ3n) is 3.69. The summed E-state index contributed by atoms with van der Waals surface area (Å²) in [6, 6.07) is 3.05. The largest absolute Gasteiger partial charge is 0.299 e. The molecule has 0 bridgehead atoms. The van der Waals surface area contributed by atoms with Crippen molar-refractivity contribution in [3.8, 4) is 0 Å². The number of benzene rings is 1. The van der Waals surface area contributed by atoms with Gasteiger partial charge in [0.25, 0.3) is 5.69 Å². The minimum absolute atomic E-state index is 0.156. The molecular formula is C13H16BrFN2O2. The Morgan fingerprint density at radius 3 is 2.68 bits per heavy atom. The van der Waals surface area contributed by atoms with Crippen molar-refractivity contribution in [2.24, 2.45) is 0 Å². The molecule has 0 N–H and O–H groups in total. The van der Waals surface area contributed by atoms with E-state index in [1.807, 2.05) is 11.9 Å². The fourth-order valence-electron chi connectivity index (χ4n) is 2.63. The average Bonchev–Trinajstić information content (AvgIpc) is 2.85. The molecule has 19 heavy (non-hydrogen) atoms. The summed E-state index contributed by atoms with van der Waals surface area (Å²) in [6.45, 7) is 0.278. The first kappa shape index (κ1) is 14.4. The van der Waals surface area contributed by atoms with Crippen LogP contribution in [0.15, 0.2) is 16.6 Å². The van der Waals surface area contributed by atoms with Gasteiger partial charge in [-0.1, -0.05) is 28.8 Å². The van der Waals surface area contributed by atoms with E-state index >= 15 is 0 Å². The van der Waals surface area contributed by atoms with Gasteiger partial charge in [0.2, 0.25) is 0 Å². The molecule has 1 aromatic rings. The Kier molecular flexibility index (Phi) is 4.52. The Morgan fingerprint density at radius 1 is 1.47 bits per heavy atom. The van der Waals surface area contributed by atoms with E-state index < -0.39 is 10.7 Å². The first-order chi connectivity index (χ1) is 8.99. The zero-order chi connectivity index (χ0) is 14.0. The maximum absolute atomic E-state index is 14.0. The second-order valence-corrected chi connectivity index (χ2v) is 5.91. The van der Waals surface area contributed by atoms with Gasteiger partial charge < -0.3 is 0 Å². The van der Waals surface area contributed by atoms with Gasteiger partial charge in [-0.25, -0.2) is 4.39 Å². The fourth-order valence-corrected chi connectivity index (χ4v) is 3.05. The van der Waals surface area contributed by atoms with E-state index in [4.69, 9.17) is 0 Å². The van der Waals surface area contributed by atoms with Crippen LogP contribution in [0.1, 0.15) is 31.2 Å². The minimum Gasteiger partial charge on any atom is -0.299 e. The van der Waals surface area contributed by atoms with Crippen molar-refractivity contribution < 1.29 is 9.31 Å².